The number of aromatic nitrogens is 5. The van der Waals surface area contributed by atoms with Crippen LogP contribution < -0.4 is 0 Å². The number of hydrogen-bond donors (Lipinski definition) is 0. The first kappa shape index (κ1) is 9.76. The van der Waals surface area contributed by atoms with E-state index < -0.39 is 0 Å². The number of benzene rings is 1. The summed E-state index contributed by atoms with van der Waals surface area (Å²) >= 11 is 0. The molecule has 0 aliphatic rings. The maximum Gasteiger partial charge on any atom is 0.0893 e. The Hall–Kier alpha value is -1.78. The Morgan fingerprint density at radius 3 is 1.93 bits per heavy atom. The summed E-state index contributed by atoms with van der Waals surface area (Å²) in [6, 6.07) is 8.06. The molecule has 1 aromatic carbocycles. The molecule has 1 aromatic heterocycles. The third-order valence-corrected chi connectivity index (χ3v) is 2.25. The van der Waals surface area contributed by atoms with Gasteiger partial charge >= 0.3 is 0 Å². The van der Waals surface area contributed by atoms with Crippen molar-refractivity contribution >= 4 is 0 Å². The second-order valence-electron chi connectivity index (χ2n) is 4.44. The Labute approximate surface area is 88.1 Å². The van der Waals surface area contributed by atoms with Gasteiger partial charge in [0.25, 0.3) is 0 Å². The molecule has 0 unspecified atom stereocenters. The van der Waals surface area contributed by atoms with Gasteiger partial charge in [0.2, 0.25) is 0 Å². The van der Waals surface area contributed by atoms with Crippen LogP contribution >= 0.6 is 0 Å². The molecular weight excluding hydrogens is 190 g/mol. The van der Waals surface area contributed by atoms with Crippen LogP contribution in [0.3, 0.4) is 0 Å². The SMILES string of the molecule is CC(C)(C)c1ccc(-n2nnnn2)cc1. The zero-order chi connectivity index (χ0) is 10.9. The zero-order valence-corrected chi connectivity index (χ0v) is 9.05. The maximum atomic E-state index is 3.72. The number of hydrogen-bond acceptors (Lipinski definition) is 4. The summed E-state index contributed by atoms with van der Waals surface area (Å²) in [7, 11) is 0. The van der Waals surface area contributed by atoms with Crippen LogP contribution in [0.15, 0.2) is 24.3 Å². The molecule has 0 bridgehead atoms. The summed E-state index contributed by atoms with van der Waals surface area (Å²) in [5, 5.41) is 14.3. The number of nitrogens with zero attached hydrogens (tertiary/aromatic N) is 5. The molecule has 5 heteroatoms. The van der Waals surface area contributed by atoms with E-state index in [-0.39, 0.29) is 5.41 Å². The van der Waals surface area contributed by atoms with E-state index in [0.29, 0.717) is 0 Å². The summed E-state index contributed by atoms with van der Waals surface area (Å²) in [6.45, 7) is 6.53. The predicted octanol–water partition coefficient (Wildman–Crippen LogP) is 1.35. The minimum absolute atomic E-state index is 0.159. The van der Waals surface area contributed by atoms with E-state index in [1.165, 1.54) is 10.4 Å². The average molecular weight is 203 g/mol. The van der Waals surface area contributed by atoms with E-state index in [1.54, 1.807) is 0 Å². The molecule has 0 radical (unpaired) electrons. The second-order valence-corrected chi connectivity index (χ2v) is 4.44. The van der Waals surface area contributed by atoms with Gasteiger partial charge in [0.1, 0.15) is 0 Å². The van der Waals surface area contributed by atoms with E-state index in [2.05, 4.69) is 53.8 Å². The van der Waals surface area contributed by atoms with Crippen LogP contribution in [0.25, 0.3) is 5.69 Å². The van der Waals surface area contributed by atoms with E-state index in [1.807, 2.05) is 12.1 Å². The van der Waals surface area contributed by atoms with Crippen LogP contribution in [0.1, 0.15) is 26.3 Å². The maximum absolute atomic E-state index is 3.72. The highest BCUT2D eigenvalue weighted by Crippen LogP contribution is 2.22. The van der Waals surface area contributed by atoms with Crippen LogP contribution in [0.2, 0.25) is 0 Å². The van der Waals surface area contributed by atoms with Gasteiger partial charge in [0.15, 0.2) is 0 Å². The van der Waals surface area contributed by atoms with Crippen LogP contribution in [0.5, 0.6) is 0 Å². The van der Waals surface area contributed by atoms with E-state index in [0.717, 1.165) is 5.69 Å². The van der Waals surface area contributed by atoms with Gasteiger partial charge < -0.3 is 0 Å². The fourth-order valence-corrected chi connectivity index (χ4v) is 1.33. The monoisotopic (exact) mass is 203 g/mol. The van der Waals surface area contributed by atoms with Gasteiger partial charge in [-0.2, -0.15) is 0 Å². The Kier molecular flexibility index (Phi) is 2.22. The predicted molar refractivity (Wildman–Crippen MR) is 55.6 cm³/mol. The van der Waals surface area contributed by atoms with Gasteiger partial charge in [-0.15, -0.1) is 4.80 Å². The van der Waals surface area contributed by atoms with E-state index >= 15 is 0 Å². The molecule has 0 atom stereocenters. The normalized spacial score (nSPS) is 11.7. The first-order valence-corrected chi connectivity index (χ1v) is 4.79. The molecule has 2 aromatic rings. The third kappa shape index (κ3) is 2.01. The van der Waals surface area contributed by atoms with Crippen LogP contribution in [-0.2, 0) is 5.41 Å². The van der Waals surface area contributed by atoms with E-state index in [4.69, 9.17) is 0 Å². The van der Waals surface area contributed by atoms with Gasteiger partial charge in [-0.05, 0) is 44.0 Å². The second kappa shape index (κ2) is 3.42. The van der Waals surface area contributed by atoms with Crippen molar-refractivity contribution in [1.82, 2.24) is 25.7 Å². The highest BCUT2D eigenvalue weighted by atomic mass is 15.7. The Balaban J connectivity index is 2.33. The standard InChI is InChI=1S/C10H13N5/c1-10(2,3)8-4-6-9(7-5-8)15-13-11-12-14-15/h4-7H,1-3H3. The molecule has 1 heterocycles. The lowest BCUT2D eigenvalue weighted by molar-refractivity contribution is 0.589. The van der Waals surface area contributed by atoms with Crippen molar-refractivity contribution in [2.75, 3.05) is 0 Å². The molecule has 0 fully saturated rings. The zero-order valence-electron chi connectivity index (χ0n) is 9.05. The molecule has 2 rings (SSSR count). The highest BCUT2D eigenvalue weighted by molar-refractivity contribution is 5.34. The largest absolute Gasteiger partial charge is 0.111 e. The van der Waals surface area contributed by atoms with Crippen LogP contribution in [-0.4, -0.2) is 25.7 Å². The molecule has 15 heavy (non-hydrogen) atoms. The lowest BCUT2D eigenvalue weighted by Gasteiger charge is -2.18. The Morgan fingerprint density at radius 1 is 0.933 bits per heavy atom. The summed E-state index contributed by atoms with van der Waals surface area (Å²) in [5.41, 5.74) is 2.30. The fourth-order valence-electron chi connectivity index (χ4n) is 1.33. The summed E-state index contributed by atoms with van der Waals surface area (Å²) < 4.78 is 0. The Morgan fingerprint density at radius 2 is 1.47 bits per heavy atom. The molecule has 0 aliphatic heterocycles. The van der Waals surface area contributed by atoms with Gasteiger partial charge in [-0.25, -0.2) is 0 Å². The van der Waals surface area contributed by atoms with Crippen molar-refractivity contribution in [3.05, 3.63) is 29.8 Å². The molecule has 0 N–H and O–H groups in total. The molecule has 0 amide bonds. The molecular formula is C10H13N5. The minimum Gasteiger partial charge on any atom is -0.111 e. The van der Waals surface area contributed by atoms with Crippen LogP contribution in [0.4, 0.5) is 0 Å². The van der Waals surface area contributed by atoms with Crippen molar-refractivity contribution in [3.63, 3.8) is 0 Å². The van der Waals surface area contributed by atoms with Gasteiger partial charge in [0, 0.05) is 0 Å². The fraction of sp³-hybridized carbons (Fsp3) is 0.400. The van der Waals surface area contributed by atoms with Gasteiger partial charge in [-0.1, -0.05) is 32.9 Å². The lowest BCUT2D eigenvalue weighted by Crippen LogP contribution is -2.11. The average Bonchev–Trinajstić information content (AvgIpc) is 2.69. The molecule has 0 aliphatic carbocycles. The lowest BCUT2D eigenvalue weighted by atomic mass is 9.87. The summed E-state index contributed by atoms with van der Waals surface area (Å²) in [5.74, 6) is 0. The smallest absolute Gasteiger partial charge is 0.0893 e. The van der Waals surface area contributed by atoms with Gasteiger partial charge in [0.05, 0.1) is 5.69 Å². The van der Waals surface area contributed by atoms with Crippen molar-refractivity contribution in [3.8, 4) is 5.69 Å². The van der Waals surface area contributed by atoms with Gasteiger partial charge in [-0.3, -0.25) is 0 Å². The minimum atomic E-state index is 0.159. The molecule has 78 valence electrons. The molecule has 0 saturated carbocycles. The van der Waals surface area contributed by atoms with Crippen molar-refractivity contribution in [1.29, 1.82) is 0 Å². The third-order valence-electron chi connectivity index (χ3n) is 2.25. The first-order chi connectivity index (χ1) is 7.07. The molecule has 0 saturated heterocycles. The summed E-state index contributed by atoms with van der Waals surface area (Å²) in [6.07, 6.45) is 0. The van der Waals surface area contributed by atoms with E-state index in [9.17, 15) is 0 Å². The number of rotatable bonds is 1. The summed E-state index contributed by atoms with van der Waals surface area (Å²) in [4.78, 5) is 1.40. The quantitative estimate of drug-likeness (QED) is 0.702. The molecule has 5 nitrogen and oxygen atoms in total. The topological polar surface area (TPSA) is 56.5 Å². The Bertz CT molecular complexity index is 424. The first-order valence-electron chi connectivity index (χ1n) is 4.79. The van der Waals surface area contributed by atoms with Crippen molar-refractivity contribution < 1.29 is 0 Å². The van der Waals surface area contributed by atoms with Crippen molar-refractivity contribution in [2.45, 2.75) is 26.2 Å². The van der Waals surface area contributed by atoms with Crippen molar-refractivity contribution in [2.24, 2.45) is 0 Å². The molecule has 0 spiro atoms. The van der Waals surface area contributed by atoms with Crippen LogP contribution in [0, 0.1) is 0 Å². The highest BCUT2D eigenvalue weighted by Gasteiger charge is 2.13.